The van der Waals surface area contributed by atoms with Gasteiger partial charge in [0.25, 0.3) is 0 Å². The molecule has 10 nitrogen and oxygen atoms in total. The van der Waals surface area contributed by atoms with E-state index in [1.54, 1.807) is 24.3 Å². The lowest BCUT2D eigenvalue weighted by Crippen LogP contribution is -2.14. The minimum Gasteiger partial charge on any atom is -0.504 e. The smallest absolute Gasteiger partial charge is 0.233 e. The molecular formula is C28H18O10. The SMILES string of the molecule is O=C(C(=O)c1cc(O)c(O)c(O)c1)c1ccc(-c2ccc(C(=O)C(=O)c3cc(O)c(O)c(O)c3)cc2)cc1. The number of rotatable bonds is 7. The molecule has 38 heavy (non-hydrogen) atoms. The molecule has 0 unspecified atom stereocenters. The van der Waals surface area contributed by atoms with Crippen molar-refractivity contribution in [1.82, 2.24) is 0 Å². The average molecular weight is 514 g/mol. The Labute approximate surface area is 213 Å². The number of aromatic hydroxyl groups is 6. The van der Waals surface area contributed by atoms with E-state index in [9.17, 15) is 49.8 Å². The van der Waals surface area contributed by atoms with Crippen LogP contribution in [0.3, 0.4) is 0 Å². The molecular weight excluding hydrogens is 496 g/mol. The van der Waals surface area contributed by atoms with Gasteiger partial charge < -0.3 is 30.6 Å². The third kappa shape index (κ3) is 4.73. The van der Waals surface area contributed by atoms with Crippen molar-refractivity contribution in [2.75, 3.05) is 0 Å². The second-order valence-electron chi connectivity index (χ2n) is 8.20. The minimum atomic E-state index is -1.01. The van der Waals surface area contributed by atoms with E-state index in [1.165, 1.54) is 24.3 Å². The van der Waals surface area contributed by atoms with Gasteiger partial charge in [-0.25, -0.2) is 0 Å². The third-order valence-corrected chi connectivity index (χ3v) is 5.70. The Balaban J connectivity index is 1.50. The lowest BCUT2D eigenvalue weighted by Gasteiger charge is -2.07. The van der Waals surface area contributed by atoms with Crippen LogP contribution in [-0.4, -0.2) is 53.8 Å². The lowest BCUT2D eigenvalue weighted by molar-refractivity contribution is 0.0816. The maximum atomic E-state index is 12.6. The van der Waals surface area contributed by atoms with Crippen LogP contribution in [0.4, 0.5) is 0 Å². The summed E-state index contributed by atoms with van der Waals surface area (Å²) in [5, 5.41) is 57.1. The first-order chi connectivity index (χ1) is 18.0. The van der Waals surface area contributed by atoms with Gasteiger partial charge in [-0.05, 0) is 35.4 Å². The summed E-state index contributed by atoms with van der Waals surface area (Å²) in [6.07, 6.45) is 0. The zero-order chi connectivity index (χ0) is 27.7. The first-order valence-corrected chi connectivity index (χ1v) is 10.9. The van der Waals surface area contributed by atoms with Crippen LogP contribution in [-0.2, 0) is 0 Å². The fourth-order valence-corrected chi connectivity index (χ4v) is 3.62. The molecule has 4 rings (SSSR count). The van der Waals surface area contributed by atoms with Gasteiger partial charge in [-0.3, -0.25) is 19.2 Å². The number of benzene rings is 4. The number of Topliss-reactive ketones (excluding diaryl/α,β-unsaturated/α-hetero) is 4. The molecule has 190 valence electrons. The predicted octanol–water partition coefficient (Wildman–Crippen LogP) is 3.72. The van der Waals surface area contributed by atoms with Crippen LogP contribution in [0, 0.1) is 0 Å². The Morgan fingerprint density at radius 2 is 0.605 bits per heavy atom. The van der Waals surface area contributed by atoms with Crippen molar-refractivity contribution in [2.45, 2.75) is 0 Å². The topological polar surface area (TPSA) is 190 Å². The first-order valence-electron chi connectivity index (χ1n) is 10.9. The maximum absolute atomic E-state index is 12.6. The molecule has 0 aromatic heterocycles. The quantitative estimate of drug-likeness (QED) is 0.120. The van der Waals surface area contributed by atoms with Gasteiger partial charge in [-0.15, -0.1) is 0 Å². The van der Waals surface area contributed by atoms with Crippen LogP contribution in [0.1, 0.15) is 41.4 Å². The Morgan fingerprint density at radius 1 is 0.368 bits per heavy atom. The second-order valence-corrected chi connectivity index (χ2v) is 8.20. The number of carbonyl (C=O) groups excluding carboxylic acids is 4. The Bertz CT molecular complexity index is 1450. The van der Waals surface area contributed by atoms with E-state index in [0.717, 1.165) is 24.3 Å². The highest BCUT2D eigenvalue weighted by atomic mass is 16.3. The third-order valence-electron chi connectivity index (χ3n) is 5.70. The molecule has 0 fully saturated rings. The van der Waals surface area contributed by atoms with E-state index < -0.39 is 57.6 Å². The molecule has 0 spiro atoms. The largest absolute Gasteiger partial charge is 0.504 e. The summed E-state index contributed by atoms with van der Waals surface area (Å²) in [6, 6.07) is 15.2. The van der Waals surface area contributed by atoms with E-state index in [4.69, 9.17) is 0 Å². The molecule has 0 aliphatic rings. The van der Waals surface area contributed by atoms with E-state index in [0.29, 0.717) is 11.1 Å². The molecule has 0 amide bonds. The zero-order valence-electron chi connectivity index (χ0n) is 19.2. The number of hydrogen-bond donors (Lipinski definition) is 6. The van der Waals surface area contributed by atoms with Crippen molar-refractivity contribution in [2.24, 2.45) is 0 Å². The van der Waals surface area contributed by atoms with Gasteiger partial charge in [0.15, 0.2) is 34.5 Å². The lowest BCUT2D eigenvalue weighted by atomic mass is 9.96. The fourth-order valence-electron chi connectivity index (χ4n) is 3.62. The second kappa shape index (κ2) is 9.78. The molecule has 10 heteroatoms. The fraction of sp³-hybridized carbons (Fsp3) is 0. The van der Waals surface area contributed by atoms with E-state index >= 15 is 0 Å². The van der Waals surface area contributed by atoms with Crippen LogP contribution in [0.15, 0.2) is 72.8 Å². The molecule has 4 aromatic rings. The van der Waals surface area contributed by atoms with Crippen molar-refractivity contribution >= 4 is 23.1 Å². The Hall–Kier alpha value is -5.64. The maximum Gasteiger partial charge on any atom is 0.233 e. The van der Waals surface area contributed by atoms with Crippen LogP contribution >= 0.6 is 0 Å². The number of phenols is 6. The van der Waals surface area contributed by atoms with Gasteiger partial charge in [0, 0.05) is 22.3 Å². The van der Waals surface area contributed by atoms with Gasteiger partial charge in [0.1, 0.15) is 0 Å². The highest BCUT2D eigenvalue weighted by Crippen LogP contribution is 2.36. The predicted molar refractivity (Wildman–Crippen MR) is 132 cm³/mol. The van der Waals surface area contributed by atoms with E-state index in [-0.39, 0.29) is 22.3 Å². The van der Waals surface area contributed by atoms with Crippen molar-refractivity contribution in [1.29, 1.82) is 0 Å². The number of hydrogen-bond acceptors (Lipinski definition) is 10. The van der Waals surface area contributed by atoms with Crippen LogP contribution in [0.2, 0.25) is 0 Å². The van der Waals surface area contributed by atoms with Crippen molar-refractivity contribution in [3.8, 4) is 45.6 Å². The van der Waals surface area contributed by atoms with Gasteiger partial charge in [-0.2, -0.15) is 0 Å². The van der Waals surface area contributed by atoms with E-state index in [1.807, 2.05) is 0 Å². The van der Waals surface area contributed by atoms with Crippen molar-refractivity contribution in [3.05, 3.63) is 95.1 Å². The molecule has 0 aliphatic heterocycles. The zero-order valence-corrected chi connectivity index (χ0v) is 19.2. The summed E-state index contributed by atoms with van der Waals surface area (Å²) < 4.78 is 0. The van der Waals surface area contributed by atoms with Gasteiger partial charge in [-0.1, -0.05) is 48.5 Å². The molecule has 0 radical (unpaired) electrons. The average Bonchev–Trinajstić information content (AvgIpc) is 2.92. The molecule has 6 N–H and O–H groups in total. The van der Waals surface area contributed by atoms with Crippen LogP contribution in [0.25, 0.3) is 11.1 Å². The molecule has 0 atom stereocenters. The highest BCUT2D eigenvalue weighted by Gasteiger charge is 2.23. The number of ketones is 4. The summed E-state index contributed by atoms with van der Waals surface area (Å²) in [7, 11) is 0. The number of carbonyl (C=O) groups is 4. The van der Waals surface area contributed by atoms with Crippen molar-refractivity contribution in [3.63, 3.8) is 0 Å². The standard InChI is InChI=1S/C28H18O10/c29-19-9-17(10-20(30)27(19)37)25(35)23(33)15-5-1-13(2-6-15)14-3-7-16(8-4-14)24(34)26(36)18-11-21(31)28(38)22(32)12-18/h1-12,29-32,37-38H. The molecule has 0 aliphatic carbocycles. The first kappa shape index (κ1) is 25.5. The minimum absolute atomic E-state index is 0.0311. The Morgan fingerprint density at radius 3 is 0.868 bits per heavy atom. The number of phenolic OH excluding ortho intramolecular Hbond substituents is 6. The molecule has 0 saturated heterocycles. The molecule has 0 bridgehead atoms. The summed E-state index contributed by atoms with van der Waals surface area (Å²) in [5.74, 6) is -8.46. The van der Waals surface area contributed by atoms with Gasteiger partial charge in [0.2, 0.25) is 23.1 Å². The van der Waals surface area contributed by atoms with Gasteiger partial charge in [0.05, 0.1) is 0 Å². The molecule has 0 heterocycles. The highest BCUT2D eigenvalue weighted by molar-refractivity contribution is 6.50. The molecule has 0 saturated carbocycles. The van der Waals surface area contributed by atoms with Crippen LogP contribution in [0.5, 0.6) is 34.5 Å². The summed E-state index contributed by atoms with van der Waals surface area (Å²) >= 11 is 0. The summed E-state index contributed by atoms with van der Waals surface area (Å²) in [6.45, 7) is 0. The Kier molecular flexibility index (Phi) is 6.55. The monoisotopic (exact) mass is 514 g/mol. The summed E-state index contributed by atoms with van der Waals surface area (Å²) in [5.41, 5.74) is 0.686. The normalized spacial score (nSPS) is 10.6. The van der Waals surface area contributed by atoms with Crippen LogP contribution < -0.4 is 0 Å². The summed E-state index contributed by atoms with van der Waals surface area (Å²) in [4.78, 5) is 50.1. The van der Waals surface area contributed by atoms with E-state index in [2.05, 4.69) is 0 Å². The van der Waals surface area contributed by atoms with Crippen molar-refractivity contribution < 1.29 is 49.8 Å². The molecule has 4 aromatic carbocycles. The van der Waals surface area contributed by atoms with Gasteiger partial charge >= 0.3 is 0 Å².